The van der Waals surface area contributed by atoms with Gasteiger partial charge in [-0.25, -0.2) is 14.8 Å². The summed E-state index contributed by atoms with van der Waals surface area (Å²) < 4.78 is 12.3. The van der Waals surface area contributed by atoms with E-state index >= 15 is 0 Å². The average Bonchev–Trinajstić information content (AvgIpc) is 3.85. The summed E-state index contributed by atoms with van der Waals surface area (Å²) in [7, 11) is 1.69. The number of carboxylic acid groups (broad SMARTS) is 1. The van der Waals surface area contributed by atoms with E-state index in [-0.39, 0.29) is 11.3 Å². The van der Waals surface area contributed by atoms with Crippen LogP contribution in [0.1, 0.15) is 48.2 Å². The number of aliphatic carboxylic acids is 1. The molecule has 2 aromatic heterocycles. The maximum Gasteiger partial charge on any atom is 0.356 e. The van der Waals surface area contributed by atoms with Crippen LogP contribution in [0.2, 0.25) is 10.0 Å². The largest absolute Gasteiger partial charge is 0.487 e. The van der Waals surface area contributed by atoms with Crippen LogP contribution in [0, 0.1) is 5.92 Å². The summed E-state index contributed by atoms with van der Waals surface area (Å²) in [6.45, 7) is 0.646. The van der Waals surface area contributed by atoms with Gasteiger partial charge in [0.25, 0.3) is 5.72 Å². The SMILES string of the molecule is CN1OC1(C(=O)O)C1CCC(c2ccc(OCc3ccc4ccc(Cl)cc4n3)cc2)(c2ccc(OCc3ccc4ccc(Cl)cc4n3)cc2)CC1. The van der Waals surface area contributed by atoms with E-state index in [0.29, 0.717) is 36.1 Å². The Hall–Kier alpha value is -4.73. The first-order valence-electron chi connectivity index (χ1n) is 17.0. The fourth-order valence-electron chi connectivity index (χ4n) is 7.60. The third kappa shape index (κ3) is 6.49. The molecule has 1 saturated carbocycles. The van der Waals surface area contributed by atoms with E-state index in [0.717, 1.165) is 68.7 Å². The maximum atomic E-state index is 12.2. The van der Waals surface area contributed by atoms with Gasteiger partial charge in [-0.15, -0.1) is 5.06 Å². The highest BCUT2D eigenvalue weighted by Gasteiger charge is 2.66. The van der Waals surface area contributed by atoms with Crippen LogP contribution < -0.4 is 9.47 Å². The maximum absolute atomic E-state index is 12.2. The molecule has 1 N–H and O–H groups in total. The molecule has 2 atom stereocenters. The minimum absolute atomic E-state index is 0.119. The Morgan fingerprint density at radius 3 is 1.59 bits per heavy atom. The normalized spacial score (nSPS) is 19.9. The van der Waals surface area contributed by atoms with Gasteiger partial charge in [-0.3, -0.25) is 4.84 Å². The minimum Gasteiger partial charge on any atom is -0.487 e. The van der Waals surface area contributed by atoms with Gasteiger partial charge in [-0.05, 0) is 97.5 Å². The number of hydroxylamine groups is 2. The van der Waals surface area contributed by atoms with Crippen molar-refractivity contribution < 1.29 is 24.2 Å². The van der Waals surface area contributed by atoms with Crippen molar-refractivity contribution in [2.45, 2.75) is 50.0 Å². The van der Waals surface area contributed by atoms with Gasteiger partial charge in [-0.2, -0.15) is 0 Å². The highest BCUT2D eigenvalue weighted by atomic mass is 35.5. The third-order valence-electron chi connectivity index (χ3n) is 10.4. The standard InChI is InChI=1S/C41H35Cl2N3O5/c1-46-41(51-46,39(47)48)30-18-20-40(21-19-30,28-6-14-35(15-7-28)49-24-33-12-4-26-2-10-31(42)22-37(26)44-33)29-8-16-36(17-9-29)50-25-34-13-5-27-3-11-32(43)23-38(27)45-34/h2-17,22-23,30H,18-21,24-25H2,1H3,(H,47,48). The lowest BCUT2D eigenvalue weighted by molar-refractivity contribution is -0.146. The van der Waals surface area contributed by atoms with Crippen LogP contribution in [0.4, 0.5) is 0 Å². The van der Waals surface area contributed by atoms with Gasteiger partial charge >= 0.3 is 5.97 Å². The quantitative estimate of drug-likeness (QED) is 0.140. The van der Waals surface area contributed by atoms with Crippen molar-refractivity contribution in [1.29, 1.82) is 0 Å². The molecule has 6 aromatic rings. The van der Waals surface area contributed by atoms with Gasteiger partial charge in [0.15, 0.2) is 0 Å². The zero-order valence-corrected chi connectivity index (χ0v) is 29.4. The number of hydrogen-bond donors (Lipinski definition) is 1. The number of benzene rings is 4. The Kier molecular flexibility index (Phi) is 8.80. The summed E-state index contributed by atoms with van der Waals surface area (Å²) in [5, 5.41) is 14.8. The molecule has 51 heavy (non-hydrogen) atoms. The zero-order valence-electron chi connectivity index (χ0n) is 27.9. The van der Waals surface area contributed by atoms with Gasteiger partial charge < -0.3 is 14.6 Å². The summed E-state index contributed by atoms with van der Waals surface area (Å²) in [4.78, 5) is 27.2. The molecule has 258 valence electrons. The lowest BCUT2D eigenvalue weighted by Crippen LogP contribution is -2.42. The number of nitrogens with zero attached hydrogens (tertiary/aromatic N) is 3. The second-order valence-electron chi connectivity index (χ2n) is 13.4. The minimum atomic E-state index is -1.24. The number of aromatic nitrogens is 2. The van der Waals surface area contributed by atoms with E-state index in [4.69, 9.17) is 47.5 Å². The van der Waals surface area contributed by atoms with Crippen molar-refractivity contribution in [3.05, 3.63) is 142 Å². The molecule has 10 heteroatoms. The molecule has 1 saturated heterocycles. The van der Waals surface area contributed by atoms with E-state index < -0.39 is 11.7 Å². The van der Waals surface area contributed by atoms with Crippen molar-refractivity contribution in [2.75, 3.05) is 7.05 Å². The van der Waals surface area contributed by atoms with Gasteiger partial charge in [0.2, 0.25) is 0 Å². The van der Waals surface area contributed by atoms with Gasteiger partial charge in [-0.1, -0.05) is 71.7 Å². The van der Waals surface area contributed by atoms with E-state index in [1.807, 2.05) is 84.9 Å². The topological polar surface area (TPSA) is 97.1 Å². The number of halogens is 2. The van der Waals surface area contributed by atoms with Crippen molar-refractivity contribution in [3.8, 4) is 11.5 Å². The van der Waals surface area contributed by atoms with Gasteiger partial charge in [0, 0.05) is 39.2 Å². The molecule has 3 heterocycles. The number of fused-ring (bicyclic) bond motifs is 2. The Morgan fingerprint density at radius 1 is 0.745 bits per heavy atom. The molecule has 0 amide bonds. The number of ether oxygens (including phenoxy) is 2. The molecule has 2 aliphatic rings. The molecular formula is C41H35Cl2N3O5. The Morgan fingerprint density at radius 2 is 1.18 bits per heavy atom. The second-order valence-corrected chi connectivity index (χ2v) is 14.2. The molecular weight excluding hydrogens is 685 g/mol. The molecule has 8 nitrogen and oxygen atoms in total. The molecule has 2 unspecified atom stereocenters. The average molecular weight is 721 g/mol. The highest BCUT2D eigenvalue weighted by Crippen LogP contribution is 2.53. The van der Waals surface area contributed by atoms with E-state index in [9.17, 15) is 9.90 Å². The fraction of sp³-hybridized carbons (Fsp3) is 0.244. The van der Waals surface area contributed by atoms with Crippen molar-refractivity contribution in [2.24, 2.45) is 5.92 Å². The van der Waals surface area contributed by atoms with Crippen LogP contribution in [0.25, 0.3) is 21.8 Å². The van der Waals surface area contributed by atoms with E-state index in [1.54, 1.807) is 7.05 Å². The highest BCUT2D eigenvalue weighted by molar-refractivity contribution is 6.31. The Balaban J connectivity index is 1.01. The number of carbonyl (C=O) groups is 1. The lowest BCUT2D eigenvalue weighted by Gasteiger charge is -2.42. The van der Waals surface area contributed by atoms with Crippen molar-refractivity contribution in [3.63, 3.8) is 0 Å². The van der Waals surface area contributed by atoms with E-state index in [2.05, 4.69) is 24.3 Å². The van der Waals surface area contributed by atoms with Gasteiger partial charge in [0.1, 0.15) is 24.7 Å². The summed E-state index contributed by atoms with van der Waals surface area (Å²) in [6, 6.07) is 35.8. The number of hydrogen-bond acceptors (Lipinski definition) is 7. The van der Waals surface area contributed by atoms with Crippen molar-refractivity contribution in [1.82, 2.24) is 15.0 Å². The first-order valence-corrected chi connectivity index (χ1v) is 17.7. The van der Waals surface area contributed by atoms with Crippen LogP contribution in [0.3, 0.4) is 0 Å². The van der Waals surface area contributed by atoms with Crippen LogP contribution in [0.5, 0.6) is 11.5 Å². The van der Waals surface area contributed by atoms with Crippen LogP contribution >= 0.6 is 23.2 Å². The van der Waals surface area contributed by atoms with Crippen molar-refractivity contribution >= 4 is 51.0 Å². The fourth-order valence-corrected chi connectivity index (χ4v) is 7.93. The van der Waals surface area contributed by atoms with Crippen LogP contribution in [-0.4, -0.2) is 38.9 Å². The monoisotopic (exact) mass is 719 g/mol. The third-order valence-corrected chi connectivity index (χ3v) is 10.9. The first kappa shape index (κ1) is 33.4. The summed E-state index contributed by atoms with van der Waals surface area (Å²) in [5.74, 6) is 0.425. The molecule has 0 bridgehead atoms. The molecule has 1 aliphatic heterocycles. The Bertz CT molecular complexity index is 2110. The van der Waals surface area contributed by atoms with Crippen LogP contribution in [0.15, 0.2) is 109 Å². The summed E-state index contributed by atoms with van der Waals surface area (Å²) in [5.41, 5.74) is 4.00. The predicted molar refractivity (Wildman–Crippen MR) is 197 cm³/mol. The number of likely N-dealkylation sites (N-methyl/N-ethyl adjacent to an activating group) is 1. The lowest BCUT2D eigenvalue weighted by atomic mass is 9.62. The smallest absolute Gasteiger partial charge is 0.356 e. The van der Waals surface area contributed by atoms with Crippen LogP contribution in [-0.2, 0) is 28.3 Å². The molecule has 0 spiro atoms. The van der Waals surface area contributed by atoms with E-state index in [1.165, 1.54) is 5.06 Å². The number of rotatable bonds is 10. The second kappa shape index (κ2) is 13.4. The molecule has 8 rings (SSSR count). The summed E-state index contributed by atoms with van der Waals surface area (Å²) >= 11 is 12.4. The van der Waals surface area contributed by atoms with Gasteiger partial charge in [0.05, 0.1) is 22.4 Å². The molecule has 0 radical (unpaired) electrons. The molecule has 2 fully saturated rings. The first-order chi connectivity index (χ1) is 24.7. The summed E-state index contributed by atoms with van der Waals surface area (Å²) in [6.07, 6.45) is 2.92. The zero-order chi connectivity index (χ0) is 35.2. The molecule has 4 aromatic carbocycles. The predicted octanol–water partition coefficient (Wildman–Crippen LogP) is 9.38. The number of carboxylic acids is 1. The molecule has 1 aliphatic carbocycles. The number of pyridine rings is 2. The Labute approximate surface area is 305 Å².